The molecule has 2 aromatic carbocycles. The van der Waals surface area contributed by atoms with Crippen molar-refractivity contribution in [2.45, 2.75) is 12.5 Å². The fraction of sp³-hybridized carbons (Fsp3) is 0.278. The number of hydrogen-bond acceptors (Lipinski definition) is 4. The Morgan fingerprint density at radius 1 is 1.08 bits per heavy atom. The molecule has 0 radical (unpaired) electrons. The van der Waals surface area contributed by atoms with E-state index in [1.54, 1.807) is 0 Å². The summed E-state index contributed by atoms with van der Waals surface area (Å²) in [5, 5.41) is 4.41. The quantitative estimate of drug-likeness (QED) is 0.756. The largest absolute Gasteiger partial charge is 0.378 e. The highest BCUT2D eigenvalue weighted by Gasteiger charge is 2.34. The van der Waals surface area contributed by atoms with E-state index in [0.29, 0.717) is 6.42 Å². The number of hydrogen-bond donors (Lipinski definition) is 0. The summed E-state index contributed by atoms with van der Waals surface area (Å²) in [6.45, 7) is 0. The van der Waals surface area contributed by atoms with E-state index in [2.05, 4.69) is 21.0 Å². The summed E-state index contributed by atoms with van der Waals surface area (Å²) in [5.74, 6) is 0. The summed E-state index contributed by atoms with van der Waals surface area (Å²) in [6, 6.07) is 15.4. The van der Waals surface area contributed by atoms with Gasteiger partial charge in [-0.1, -0.05) is 40.2 Å². The highest BCUT2D eigenvalue weighted by atomic mass is 79.9. The molecule has 1 heterocycles. The van der Waals surface area contributed by atoms with Crippen molar-refractivity contribution < 1.29 is 8.42 Å². The molecule has 2 aromatic rings. The lowest BCUT2D eigenvalue weighted by atomic mass is 9.99. The maximum Gasteiger partial charge on any atom is 0.247 e. The standard InChI is InChI=1S/C18H20BrN3O2S/c1-21(2)16-10-6-14(7-11-16)18-12-17(20-22(18)25(3,23)24)13-4-8-15(19)9-5-13/h4-11,18H,12H2,1-3H3. The van der Waals surface area contributed by atoms with Crippen LogP contribution in [0.4, 0.5) is 5.69 Å². The molecule has 1 unspecified atom stereocenters. The van der Waals surface area contributed by atoms with Gasteiger partial charge >= 0.3 is 0 Å². The lowest BCUT2D eigenvalue weighted by Crippen LogP contribution is -2.26. The number of sulfonamides is 1. The fourth-order valence-corrected chi connectivity index (χ4v) is 4.02. The molecule has 1 aliphatic heterocycles. The van der Waals surface area contributed by atoms with Crippen molar-refractivity contribution in [3.05, 3.63) is 64.1 Å². The molecule has 0 amide bonds. The molecule has 1 atom stereocenters. The average molecular weight is 422 g/mol. The predicted molar refractivity (Wildman–Crippen MR) is 105 cm³/mol. The Hall–Kier alpha value is -1.86. The molecular weight excluding hydrogens is 402 g/mol. The normalized spacial score (nSPS) is 17.5. The molecule has 0 saturated heterocycles. The molecule has 0 bridgehead atoms. The van der Waals surface area contributed by atoms with Crippen LogP contribution in [0.5, 0.6) is 0 Å². The van der Waals surface area contributed by atoms with Crippen molar-refractivity contribution in [1.82, 2.24) is 4.41 Å². The highest BCUT2D eigenvalue weighted by Crippen LogP contribution is 2.35. The van der Waals surface area contributed by atoms with Gasteiger partial charge in [0.15, 0.2) is 0 Å². The van der Waals surface area contributed by atoms with Crippen LogP contribution >= 0.6 is 15.9 Å². The topological polar surface area (TPSA) is 53.0 Å². The first-order valence-corrected chi connectivity index (χ1v) is 10.5. The lowest BCUT2D eigenvalue weighted by molar-refractivity contribution is 0.375. The molecule has 0 N–H and O–H groups in total. The number of benzene rings is 2. The van der Waals surface area contributed by atoms with Crippen LogP contribution in [0.25, 0.3) is 0 Å². The van der Waals surface area contributed by atoms with Crippen LogP contribution in [0.1, 0.15) is 23.6 Å². The van der Waals surface area contributed by atoms with Gasteiger partial charge in [-0.3, -0.25) is 0 Å². The van der Waals surface area contributed by atoms with Crippen LogP contribution in [-0.2, 0) is 10.0 Å². The highest BCUT2D eigenvalue weighted by molar-refractivity contribution is 9.10. The van der Waals surface area contributed by atoms with Crippen molar-refractivity contribution >= 4 is 37.4 Å². The Kier molecular flexibility index (Phi) is 4.88. The van der Waals surface area contributed by atoms with Crippen LogP contribution < -0.4 is 4.90 Å². The third-order valence-electron chi connectivity index (χ3n) is 4.18. The molecule has 7 heteroatoms. The van der Waals surface area contributed by atoms with Crippen molar-refractivity contribution in [2.24, 2.45) is 5.10 Å². The van der Waals surface area contributed by atoms with E-state index in [4.69, 9.17) is 0 Å². The van der Waals surface area contributed by atoms with Crippen molar-refractivity contribution in [2.75, 3.05) is 25.3 Å². The second-order valence-electron chi connectivity index (χ2n) is 6.30. The predicted octanol–water partition coefficient (Wildman–Crippen LogP) is 3.63. The second kappa shape index (κ2) is 6.80. The Morgan fingerprint density at radius 3 is 2.20 bits per heavy atom. The van der Waals surface area contributed by atoms with Gasteiger partial charge in [0.2, 0.25) is 10.0 Å². The van der Waals surface area contributed by atoms with Crippen LogP contribution in [-0.4, -0.2) is 38.9 Å². The molecule has 1 aliphatic rings. The van der Waals surface area contributed by atoms with E-state index in [-0.39, 0.29) is 6.04 Å². The lowest BCUT2D eigenvalue weighted by Gasteiger charge is -2.22. The third kappa shape index (κ3) is 3.88. The molecule has 0 saturated carbocycles. The number of nitrogens with zero attached hydrogens (tertiary/aromatic N) is 3. The van der Waals surface area contributed by atoms with Crippen molar-refractivity contribution in [3.63, 3.8) is 0 Å². The first-order chi connectivity index (χ1) is 11.8. The molecule has 132 valence electrons. The van der Waals surface area contributed by atoms with Gasteiger partial charge in [0, 0.05) is 30.7 Å². The van der Waals surface area contributed by atoms with E-state index >= 15 is 0 Å². The SMILES string of the molecule is CN(C)c1ccc(C2CC(c3ccc(Br)cc3)=NN2S(C)(=O)=O)cc1. The van der Waals surface area contributed by atoms with Crippen LogP contribution in [0.2, 0.25) is 0 Å². The van der Waals surface area contributed by atoms with Crippen LogP contribution in [0, 0.1) is 0 Å². The smallest absolute Gasteiger partial charge is 0.247 e. The maximum absolute atomic E-state index is 12.2. The molecule has 3 rings (SSSR count). The van der Waals surface area contributed by atoms with Gasteiger partial charge in [-0.2, -0.15) is 9.52 Å². The zero-order chi connectivity index (χ0) is 18.2. The third-order valence-corrected chi connectivity index (χ3v) is 5.73. The van der Waals surface area contributed by atoms with E-state index in [1.165, 1.54) is 10.7 Å². The summed E-state index contributed by atoms with van der Waals surface area (Å²) in [6.07, 6.45) is 1.75. The van der Waals surface area contributed by atoms with Crippen molar-refractivity contribution in [3.8, 4) is 0 Å². The average Bonchev–Trinajstić information content (AvgIpc) is 3.01. The second-order valence-corrected chi connectivity index (χ2v) is 9.05. The van der Waals surface area contributed by atoms with Crippen LogP contribution in [0.3, 0.4) is 0 Å². The van der Waals surface area contributed by atoms with Gasteiger partial charge in [0.05, 0.1) is 18.0 Å². The molecular formula is C18H20BrN3O2S. The number of hydrazone groups is 1. The first kappa shape index (κ1) is 17.9. The molecule has 0 aromatic heterocycles. The summed E-state index contributed by atoms with van der Waals surface area (Å²) in [4.78, 5) is 2.01. The van der Waals surface area contributed by atoms with E-state index < -0.39 is 10.0 Å². The van der Waals surface area contributed by atoms with Gasteiger partial charge < -0.3 is 4.90 Å². The summed E-state index contributed by atoms with van der Waals surface area (Å²) < 4.78 is 26.7. The monoisotopic (exact) mass is 421 g/mol. The Labute approximate surface area is 157 Å². The van der Waals surface area contributed by atoms with Gasteiger partial charge in [-0.15, -0.1) is 0 Å². The van der Waals surface area contributed by atoms with Crippen molar-refractivity contribution in [1.29, 1.82) is 0 Å². The minimum absolute atomic E-state index is 0.315. The minimum atomic E-state index is -3.45. The number of anilines is 1. The number of rotatable bonds is 4. The minimum Gasteiger partial charge on any atom is -0.378 e. The van der Waals surface area contributed by atoms with E-state index in [9.17, 15) is 8.42 Å². The van der Waals surface area contributed by atoms with Gasteiger partial charge in [0.25, 0.3) is 0 Å². The van der Waals surface area contributed by atoms with Gasteiger partial charge in [-0.25, -0.2) is 8.42 Å². The Morgan fingerprint density at radius 2 is 1.68 bits per heavy atom. The molecule has 5 nitrogen and oxygen atoms in total. The van der Waals surface area contributed by atoms with Gasteiger partial charge in [-0.05, 0) is 35.4 Å². The zero-order valence-corrected chi connectivity index (χ0v) is 16.8. The molecule has 0 fully saturated rings. The summed E-state index contributed by atoms with van der Waals surface area (Å²) in [5.41, 5.74) is 3.72. The fourth-order valence-electron chi connectivity index (χ4n) is 2.85. The summed E-state index contributed by atoms with van der Waals surface area (Å²) >= 11 is 3.41. The Balaban J connectivity index is 1.95. The Bertz CT molecular complexity index is 891. The molecule has 25 heavy (non-hydrogen) atoms. The molecule has 0 spiro atoms. The van der Waals surface area contributed by atoms with Crippen LogP contribution in [0.15, 0.2) is 58.1 Å². The maximum atomic E-state index is 12.2. The van der Waals surface area contributed by atoms with E-state index in [1.807, 2.05) is 67.5 Å². The molecule has 0 aliphatic carbocycles. The zero-order valence-electron chi connectivity index (χ0n) is 14.3. The van der Waals surface area contributed by atoms with E-state index in [0.717, 1.165) is 27.0 Å². The van der Waals surface area contributed by atoms with Gasteiger partial charge in [0.1, 0.15) is 0 Å². The number of halogens is 1. The first-order valence-electron chi connectivity index (χ1n) is 7.86. The summed E-state index contributed by atoms with van der Waals surface area (Å²) in [7, 11) is 0.499.